The van der Waals surface area contributed by atoms with Crippen molar-refractivity contribution >= 4 is 5.84 Å². The fourth-order valence-electron chi connectivity index (χ4n) is 1.26. The standard InChI is InChI=1S/C11H13F3N2O3/c12-11(13,14)19-9-5-2-1-4-8(9)18-7-3-6-10(15)16-17/h1-2,4-5,17H,3,6-7H2,(H2,15,16). The fraction of sp³-hybridized carbons (Fsp3) is 0.364. The molecule has 0 spiro atoms. The van der Waals surface area contributed by atoms with Crippen LogP contribution >= 0.6 is 0 Å². The number of hydrogen-bond donors (Lipinski definition) is 2. The second kappa shape index (κ2) is 6.72. The SMILES string of the molecule is N/C(CCCOc1ccccc1OC(F)(F)F)=N/O. The van der Waals surface area contributed by atoms with Crippen LogP contribution < -0.4 is 15.2 Å². The van der Waals surface area contributed by atoms with Crippen molar-refractivity contribution in [2.45, 2.75) is 19.2 Å². The van der Waals surface area contributed by atoms with Crippen LogP contribution in [0.2, 0.25) is 0 Å². The molecule has 0 fully saturated rings. The summed E-state index contributed by atoms with van der Waals surface area (Å²) in [4.78, 5) is 0. The van der Waals surface area contributed by atoms with Crippen LogP contribution in [-0.2, 0) is 0 Å². The zero-order chi connectivity index (χ0) is 14.3. The number of halogens is 3. The molecule has 0 aliphatic heterocycles. The van der Waals surface area contributed by atoms with Crippen molar-refractivity contribution in [1.29, 1.82) is 0 Å². The quantitative estimate of drug-likeness (QED) is 0.275. The highest BCUT2D eigenvalue weighted by atomic mass is 19.4. The van der Waals surface area contributed by atoms with E-state index in [1.165, 1.54) is 18.2 Å². The van der Waals surface area contributed by atoms with Crippen LogP contribution in [0.5, 0.6) is 11.5 Å². The van der Waals surface area contributed by atoms with Gasteiger partial charge in [-0.15, -0.1) is 13.2 Å². The van der Waals surface area contributed by atoms with Crippen LogP contribution in [0, 0.1) is 0 Å². The van der Waals surface area contributed by atoms with Crippen LogP contribution in [0.15, 0.2) is 29.4 Å². The minimum absolute atomic E-state index is 0.0145. The Hall–Kier alpha value is -2.12. The Balaban J connectivity index is 2.54. The van der Waals surface area contributed by atoms with E-state index >= 15 is 0 Å². The third-order valence-corrected chi connectivity index (χ3v) is 2.04. The number of amidine groups is 1. The molecule has 1 rings (SSSR count). The van der Waals surface area contributed by atoms with E-state index in [4.69, 9.17) is 15.7 Å². The number of hydrogen-bond acceptors (Lipinski definition) is 4. The second-order valence-electron chi connectivity index (χ2n) is 3.54. The molecule has 0 unspecified atom stereocenters. The molecule has 0 aromatic heterocycles. The number of ether oxygens (including phenoxy) is 2. The maximum absolute atomic E-state index is 12.1. The smallest absolute Gasteiger partial charge is 0.490 e. The summed E-state index contributed by atoms with van der Waals surface area (Å²) in [5, 5.41) is 11.1. The monoisotopic (exact) mass is 278 g/mol. The van der Waals surface area contributed by atoms with E-state index in [0.29, 0.717) is 6.42 Å². The molecule has 0 atom stereocenters. The maximum Gasteiger partial charge on any atom is 0.573 e. The molecule has 0 aliphatic carbocycles. The lowest BCUT2D eigenvalue weighted by molar-refractivity contribution is -0.275. The summed E-state index contributed by atoms with van der Waals surface area (Å²) in [7, 11) is 0. The first kappa shape index (κ1) is 14.9. The lowest BCUT2D eigenvalue weighted by Gasteiger charge is -2.13. The summed E-state index contributed by atoms with van der Waals surface area (Å²) >= 11 is 0. The molecule has 8 heteroatoms. The van der Waals surface area contributed by atoms with Gasteiger partial charge >= 0.3 is 6.36 Å². The molecular formula is C11H13F3N2O3. The molecule has 1 aromatic rings. The molecule has 0 heterocycles. The molecule has 0 amide bonds. The van der Waals surface area contributed by atoms with Crippen LogP contribution in [0.3, 0.4) is 0 Å². The summed E-state index contributed by atoms with van der Waals surface area (Å²) in [6, 6.07) is 5.46. The van der Waals surface area contributed by atoms with Crippen LogP contribution in [0.25, 0.3) is 0 Å². The van der Waals surface area contributed by atoms with Crippen molar-refractivity contribution in [1.82, 2.24) is 0 Å². The van der Waals surface area contributed by atoms with Crippen molar-refractivity contribution in [3.63, 3.8) is 0 Å². The zero-order valence-electron chi connectivity index (χ0n) is 9.85. The molecule has 0 saturated carbocycles. The highest BCUT2D eigenvalue weighted by Gasteiger charge is 2.32. The van der Waals surface area contributed by atoms with Gasteiger partial charge in [-0.1, -0.05) is 17.3 Å². The predicted molar refractivity (Wildman–Crippen MR) is 61.3 cm³/mol. The lowest BCUT2D eigenvalue weighted by atomic mass is 10.3. The van der Waals surface area contributed by atoms with Crippen LogP contribution in [-0.4, -0.2) is 24.0 Å². The molecule has 0 radical (unpaired) electrons. The molecule has 0 saturated heterocycles. The van der Waals surface area contributed by atoms with Gasteiger partial charge in [-0.2, -0.15) is 0 Å². The van der Waals surface area contributed by atoms with E-state index in [1.54, 1.807) is 0 Å². The van der Waals surface area contributed by atoms with Gasteiger partial charge in [-0.25, -0.2) is 0 Å². The number of oxime groups is 1. The first-order valence-corrected chi connectivity index (χ1v) is 5.36. The number of para-hydroxylation sites is 2. The minimum atomic E-state index is -4.77. The van der Waals surface area contributed by atoms with Gasteiger partial charge in [0.2, 0.25) is 0 Å². The summed E-state index contributed by atoms with van der Waals surface area (Å²) in [6.07, 6.45) is -4.09. The van der Waals surface area contributed by atoms with E-state index in [1.807, 2.05) is 0 Å². The average Bonchev–Trinajstić information content (AvgIpc) is 2.34. The summed E-state index contributed by atoms with van der Waals surface area (Å²) in [5.41, 5.74) is 5.24. The summed E-state index contributed by atoms with van der Waals surface area (Å²) < 4.78 is 45.4. The van der Waals surface area contributed by atoms with Crippen molar-refractivity contribution in [3.8, 4) is 11.5 Å². The normalized spacial score (nSPS) is 12.3. The molecule has 0 aliphatic rings. The molecule has 0 bridgehead atoms. The fourth-order valence-corrected chi connectivity index (χ4v) is 1.26. The van der Waals surface area contributed by atoms with Crippen molar-refractivity contribution in [2.75, 3.05) is 6.61 Å². The third kappa shape index (κ3) is 5.84. The number of nitrogens with zero attached hydrogens (tertiary/aromatic N) is 1. The summed E-state index contributed by atoms with van der Waals surface area (Å²) in [5.74, 6) is -0.387. The Morgan fingerprint density at radius 3 is 2.47 bits per heavy atom. The van der Waals surface area contributed by atoms with Gasteiger partial charge in [0.05, 0.1) is 6.61 Å². The van der Waals surface area contributed by atoms with Gasteiger partial charge < -0.3 is 20.4 Å². The largest absolute Gasteiger partial charge is 0.573 e. The summed E-state index contributed by atoms with van der Waals surface area (Å²) in [6.45, 7) is 0.119. The molecule has 5 nitrogen and oxygen atoms in total. The Kier molecular flexibility index (Phi) is 5.28. The average molecular weight is 278 g/mol. The molecule has 19 heavy (non-hydrogen) atoms. The minimum Gasteiger partial charge on any atom is -0.490 e. The van der Waals surface area contributed by atoms with Crippen molar-refractivity contribution in [3.05, 3.63) is 24.3 Å². The van der Waals surface area contributed by atoms with Gasteiger partial charge in [0.15, 0.2) is 11.5 Å². The lowest BCUT2D eigenvalue weighted by Crippen LogP contribution is -2.18. The first-order valence-electron chi connectivity index (χ1n) is 5.36. The van der Waals surface area contributed by atoms with E-state index in [2.05, 4.69) is 9.89 Å². The third-order valence-electron chi connectivity index (χ3n) is 2.04. The number of rotatable bonds is 6. The molecular weight excluding hydrogens is 265 g/mol. The Morgan fingerprint density at radius 1 is 1.26 bits per heavy atom. The molecule has 106 valence electrons. The number of nitrogens with two attached hydrogens (primary N) is 1. The van der Waals surface area contributed by atoms with E-state index in [-0.39, 0.29) is 24.6 Å². The van der Waals surface area contributed by atoms with Gasteiger partial charge in [0.25, 0.3) is 0 Å². The Morgan fingerprint density at radius 2 is 1.89 bits per heavy atom. The Bertz CT molecular complexity index is 435. The van der Waals surface area contributed by atoms with Gasteiger partial charge in [-0.05, 0) is 18.6 Å². The predicted octanol–water partition coefficient (Wildman–Crippen LogP) is 2.49. The Labute approximate surface area is 107 Å². The first-order chi connectivity index (χ1) is 8.92. The molecule has 3 N–H and O–H groups in total. The van der Waals surface area contributed by atoms with E-state index in [9.17, 15) is 13.2 Å². The zero-order valence-corrected chi connectivity index (χ0v) is 9.85. The topological polar surface area (TPSA) is 77.1 Å². The van der Waals surface area contributed by atoms with Gasteiger partial charge in [0, 0.05) is 6.42 Å². The van der Waals surface area contributed by atoms with Gasteiger partial charge in [-0.3, -0.25) is 0 Å². The van der Waals surface area contributed by atoms with Crippen molar-refractivity contribution in [2.24, 2.45) is 10.9 Å². The number of benzene rings is 1. The van der Waals surface area contributed by atoms with Gasteiger partial charge in [0.1, 0.15) is 5.84 Å². The number of alkyl halides is 3. The highest BCUT2D eigenvalue weighted by molar-refractivity contribution is 5.79. The highest BCUT2D eigenvalue weighted by Crippen LogP contribution is 2.31. The van der Waals surface area contributed by atoms with Crippen LogP contribution in [0.1, 0.15) is 12.8 Å². The maximum atomic E-state index is 12.1. The van der Waals surface area contributed by atoms with E-state index in [0.717, 1.165) is 6.07 Å². The second-order valence-corrected chi connectivity index (χ2v) is 3.54. The molecule has 1 aromatic carbocycles. The van der Waals surface area contributed by atoms with E-state index < -0.39 is 12.1 Å². The van der Waals surface area contributed by atoms with Crippen molar-refractivity contribution < 1.29 is 27.9 Å². The van der Waals surface area contributed by atoms with Crippen LogP contribution in [0.4, 0.5) is 13.2 Å².